The van der Waals surface area contributed by atoms with E-state index in [0.29, 0.717) is 10.7 Å². The zero-order valence-electron chi connectivity index (χ0n) is 23.0. The number of nitrogens with one attached hydrogen (secondary N) is 1. The topological polar surface area (TPSA) is 86.8 Å². The number of amides is 2. The number of hydrogen-bond donors (Lipinski definition) is 1. The Kier molecular flexibility index (Phi) is 10.2. The Balaban J connectivity index is 2.07. The van der Waals surface area contributed by atoms with Crippen LogP contribution in [0.4, 0.5) is 5.69 Å². The van der Waals surface area contributed by atoms with Crippen LogP contribution in [0.15, 0.2) is 72.8 Å². The Labute approximate surface area is 236 Å². The molecular formula is C30H36ClN3O4S. The molecule has 0 aliphatic carbocycles. The van der Waals surface area contributed by atoms with E-state index < -0.39 is 28.5 Å². The third kappa shape index (κ3) is 8.57. The summed E-state index contributed by atoms with van der Waals surface area (Å²) >= 11 is 6.23. The number of sulfonamides is 1. The van der Waals surface area contributed by atoms with Gasteiger partial charge in [0.2, 0.25) is 21.8 Å². The van der Waals surface area contributed by atoms with Gasteiger partial charge < -0.3 is 10.2 Å². The summed E-state index contributed by atoms with van der Waals surface area (Å²) in [6, 6.07) is 20.8. The molecule has 7 nitrogen and oxygen atoms in total. The Morgan fingerprint density at radius 2 is 1.59 bits per heavy atom. The highest BCUT2D eigenvalue weighted by Crippen LogP contribution is 2.25. The van der Waals surface area contributed by atoms with Gasteiger partial charge in [-0.1, -0.05) is 71.8 Å². The van der Waals surface area contributed by atoms with Crippen LogP contribution in [0.1, 0.15) is 36.1 Å². The molecule has 0 heterocycles. The molecule has 3 rings (SSSR count). The number of nitrogens with zero attached hydrogens (tertiary/aromatic N) is 2. The van der Waals surface area contributed by atoms with Crippen molar-refractivity contribution in [1.82, 2.24) is 10.2 Å². The Morgan fingerprint density at radius 3 is 2.18 bits per heavy atom. The van der Waals surface area contributed by atoms with E-state index >= 15 is 0 Å². The van der Waals surface area contributed by atoms with E-state index in [0.717, 1.165) is 32.8 Å². The van der Waals surface area contributed by atoms with Crippen molar-refractivity contribution in [2.45, 2.75) is 52.7 Å². The third-order valence-electron chi connectivity index (χ3n) is 6.24. The van der Waals surface area contributed by atoms with Crippen LogP contribution in [-0.4, -0.2) is 50.0 Å². The molecule has 1 atom stereocenters. The summed E-state index contributed by atoms with van der Waals surface area (Å²) in [6.07, 6.45) is 1.34. The summed E-state index contributed by atoms with van der Waals surface area (Å²) in [6.45, 7) is 7.05. The number of anilines is 1. The predicted octanol–water partition coefficient (Wildman–Crippen LogP) is 4.89. The zero-order chi connectivity index (χ0) is 28.7. The van der Waals surface area contributed by atoms with Crippen molar-refractivity contribution in [3.63, 3.8) is 0 Å². The van der Waals surface area contributed by atoms with Crippen LogP contribution in [0.25, 0.3) is 0 Å². The molecular weight excluding hydrogens is 534 g/mol. The van der Waals surface area contributed by atoms with Gasteiger partial charge in [-0.2, -0.15) is 0 Å². The Morgan fingerprint density at radius 1 is 0.923 bits per heavy atom. The summed E-state index contributed by atoms with van der Waals surface area (Å²) in [4.78, 5) is 29.1. The number of aryl methyl sites for hydroxylation is 2. The second kappa shape index (κ2) is 13.1. The molecule has 1 unspecified atom stereocenters. The Hall–Kier alpha value is -3.36. The van der Waals surface area contributed by atoms with Gasteiger partial charge in [-0.05, 0) is 62.6 Å². The van der Waals surface area contributed by atoms with Gasteiger partial charge in [0.1, 0.15) is 12.6 Å². The number of rotatable bonds is 11. The fourth-order valence-electron chi connectivity index (χ4n) is 4.45. The molecule has 3 aromatic rings. The third-order valence-corrected chi connectivity index (χ3v) is 7.61. The lowest BCUT2D eigenvalue weighted by Crippen LogP contribution is -2.54. The maximum Gasteiger partial charge on any atom is 0.244 e. The molecule has 3 aromatic carbocycles. The van der Waals surface area contributed by atoms with Gasteiger partial charge in [-0.3, -0.25) is 13.9 Å². The van der Waals surface area contributed by atoms with Gasteiger partial charge >= 0.3 is 0 Å². The van der Waals surface area contributed by atoms with E-state index in [4.69, 9.17) is 11.6 Å². The quantitative estimate of drug-likeness (QED) is 0.356. The summed E-state index contributed by atoms with van der Waals surface area (Å²) < 4.78 is 27.0. The first-order chi connectivity index (χ1) is 18.3. The van der Waals surface area contributed by atoms with Crippen LogP contribution >= 0.6 is 11.6 Å². The summed E-state index contributed by atoms with van der Waals surface area (Å²) in [7, 11) is -3.82. The SMILES string of the molecule is Cc1ccc(N(CC(=O)N(Cc2cccc(Cl)c2)C(Cc2ccccc2)C(=O)NC(C)C)S(C)(=O)=O)c(C)c1. The molecule has 0 radical (unpaired) electrons. The van der Waals surface area contributed by atoms with Gasteiger partial charge in [-0.15, -0.1) is 0 Å². The maximum atomic E-state index is 14.1. The fraction of sp³-hybridized carbons (Fsp3) is 0.333. The van der Waals surface area contributed by atoms with Gasteiger partial charge in [0.15, 0.2) is 0 Å². The minimum atomic E-state index is -3.82. The van der Waals surface area contributed by atoms with Crippen molar-refractivity contribution in [3.8, 4) is 0 Å². The van der Waals surface area contributed by atoms with Crippen LogP contribution in [-0.2, 0) is 32.6 Å². The molecule has 0 aliphatic rings. The van der Waals surface area contributed by atoms with E-state index in [2.05, 4.69) is 5.32 Å². The molecule has 0 aliphatic heterocycles. The summed E-state index contributed by atoms with van der Waals surface area (Å²) in [5.41, 5.74) is 3.73. The summed E-state index contributed by atoms with van der Waals surface area (Å²) in [5, 5.41) is 3.43. The van der Waals surface area contributed by atoms with Gasteiger partial charge in [0, 0.05) is 24.0 Å². The second-order valence-corrected chi connectivity index (χ2v) is 12.4. The standard InChI is InChI=1S/C30H36ClN3O4S/c1-21(2)32-30(36)28(18-24-10-7-6-8-11-24)33(19-25-12-9-13-26(31)17-25)29(35)20-34(39(5,37)38)27-15-14-22(3)16-23(27)4/h6-17,21,28H,18-20H2,1-5H3,(H,32,36). The molecule has 2 amide bonds. The lowest BCUT2D eigenvalue weighted by molar-refractivity contribution is -0.140. The molecule has 208 valence electrons. The average Bonchev–Trinajstić information content (AvgIpc) is 2.84. The minimum Gasteiger partial charge on any atom is -0.352 e. The van der Waals surface area contributed by atoms with Gasteiger partial charge in [0.25, 0.3) is 0 Å². The van der Waals surface area contributed by atoms with Gasteiger partial charge in [0.05, 0.1) is 11.9 Å². The highest BCUT2D eigenvalue weighted by atomic mass is 35.5. The number of hydrogen-bond acceptors (Lipinski definition) is 4. The maximum absolute atomic E-state index is 14.1. The second-order valence-electron chi connectivity index (χ2n) is 10.1. The monoisotopic (exact) mass is 569 g/mol. The number of carbonyl (C=O) groups is 2. The highest BCUT2D eigenvalue weighted by molar-refractivity contribution is 7.92. The van der Waals surface area contributed by atoms with Crippen molar-refractivity contribution in [2.24, 2.45) is 0 Å². The van der Waals surface area contributed by atoms with Crippen molar-refractivity contribution >= 4 is 39.1 Å². The molecule has 0 bridgehead atoms. The molecule has 0 fully saturated rings. The lowest BCUT2D eigenvalue weighted by Gasteiger charge is -2.34. The van der Waals surface area contributed by atoms with E-state index in [9.17, 15) is 18.0 Å². The fourth-order valence-corrected chi connectivity index (χ4v) is 5.57. The van der Waals surface area contributed by atoms with Crippen molar-refractivity contribution in [1.29, 1.82) is 0 Å². The zero-order valence-corrected chi connectivity index (χ0v) is 24.6. The van der Waals surface area contributed by atoms with Crippen LogP contribution < -0.4 is 9.62 Å². The molecule has 0 saturated carbocycles. The molecule has 39 heavy (non-hydrogen) atoms. The number of carbonyl (C=O) groups excluding carboxylic acids is 2. The number of halogens is 1. The highest BCUT2D eigenvalue weighted by Gasteiger charge is 2.33. The van der Waals surface area contributed by atoms with Crippen LogP contribution in [0.2, 0.25) is 5.02 Å². The minimum absolute atomic E-state index is 0.0763. The van der Waals surface area contributed by atoms with Crippen LogP contribution in [0.3, 0.4) is 0 Å². The first-order valence-corrected chi connectivity index (χ1v) is 15.0. The normalized spacial score (nSPS) is 12.2. The first kappa shape index (κ1) is 30.2. The summed E-state index contributed by atoms with van der Waals surface area (Å²) in [5.74, 6) is -0.818. The molecule has 0 aromatic heterocycles. The van der Waals surface area contributed by atoms with Crippen molar-refractivity contribution in [2.75, 3.05) is 17.1 Å². The average molecular weight is 570 g/mol. The predicted molar refractivity (Wildman–Crippen MR) is 157 cm³/mol. The molecule has 9 heteroatoms. The van der Waals surface area contributed by atoms with Crippen LogP contribution in [0, 0.1) is 13.8 Å². The van der Waals surface area contributed by atoms with E-state index in [1.54, 1.807) is 24.3 Å². The number of benzene rings is 3. The molecule has 0 spiro atoms. The van der Waals surface area contributed by atoms with Crippen molar-refractivity contribution < 1.29 is 18.0 Å². The molecule has 0 saturated heterocycles. The van der Waals surface area contributed by atoms with E-state index in [1.165, 1.54) is 4.90 Å². The smallest absolute Gasteiger partial charge is 0.244 e. The lowest BCUT2D eigenvalue weighted by atomic mass is 10.0. The molecule has 1 N–H and O–H groups in total. The Bertz CT molecular complexity index is 1410. The van der Waals surface area contributed by atoms with Crippen molar-refractivity contribution in [3.05, 3.63) is 100 Å². The first-order valence-electron chi connectivity index (χ1n) is 12.8. The van der Waals surface area contributed by atoms with Gasteiger partial charge in [-0.25, -0.2) is 8.42 Å². The van der Waals surface area contributed by atoms with E-state index in [-0.39, 0.29) is 24.9 Å². The van der Waals surface area contributed by atoms with E-state index in [1.807, 2.05) is 76.2 Å². The van der Waals surface area contributed by atoms with Crippen LogP contribution in [0.5, 0.6) is 0 Å². The largest absolute Gasteiger partial charge is 0.352 e.